The van der Waals surface area contributed by atoms with Gasteiger partial charge in [0.15, 0.2) is 0 Å². The van der Waals surface area contributed by atoms with Crippen LogP contribution in [0.5, 0.6) is 0 Å². The topological polar surface area (TPSA) is 81.1 Å². The van der Waals surface area contributed by atoms with Crippen molar-refractivity contribution in [3.05, 3.63) is 5.62 Å². The second-order valence-corrected chi connectivity index (χ2v) is 2.24. The molecular formula is C6H12N6. The zero-order valence-electron chi connectivity index (χ0n) is 7.37. The van der Waals surface area contributed by atoms with Crippen molar-refractivity contribution < 1.29 is 0 Å². The molecule has 1 heterocycles. The average molecular weight is 168 g/mol. The van der Waals surface area contributed by atoms with Gasteiger partial charge < -0.3 is 11.1 Å². The molecule has 6 nitrogen and oxygen atoms in total. The first-order chi connectivity index (χ1) is 5.69. The fraction of sp³-hybridized carbons (Fsp3) is 0.500. The Morgan fingerprint density at radius 3 is 2.67 bits per heavy atom. The van der Waals surface area contributed by atoms with E-state index in [4.69, 9.17) is 5.73 Å². The zero-order chi connectivity index (χ0) is 9.14. The maximum Gasteiger partial charge on any atom is 0.230 e. The van der Waals surface area contributed by atoms with Gasteiger partial charge in [-0.1, -0.05) is 0 Å². The lowest BCUT2D eigenvalue weighted by molar-refractivity contribution is 0.760. The van der Waals surface area contributed by atoms with E-state index in [1.54, 1.807) is 25.7 Å². The van der Waals surface area contributed by atoms with Crippen molar-refractivity contribution in [3.63, 3.8) is 0 Å². The zero-order valence-corrected chi connectivity index (χ0v) is 7.37. The van der Waals surface area contributed by atoms with E-state index in [1.807, 2.05) is 0 Å². The predicted octanol–water partition coefficient (Wildman–Crippen LogP) is -1.03. The van der Waals surface area contributed by atoms with E-state index in [-0.39, 0.29) is 0 Å². The number of aromatic nitrogens is 3. The smallest absolute Gasteiger partial charge is 0.230 e. The van der Waals surface area contributed by atoms with Crippen molar-refractivity contribution in [2.75, 3.05) is 25.1 Å². The van der Waals surface area contributed by atoms with Gasteiger partial charge in [-0.2, -0.15) is 9.97 Å². The molecule has 1 aromatic heterocycles. The van der Waals surface area contributed by atoms with E-state index in [9.17, 15) is 0 Å². The van der Waals surface area contributed by atoms with Gasteiger partial charge in [0.1, 0.15) is 0 Å². The summed E-state index contributed by atoms with van der Waals surface area (Å²) in [7, 11) is 5.15. The number of nitrogens with two attached hydrogens (primary N) is 1. The highest BCUT2D eigenvalue weighted by Crippen LogP contribution is 1.94. The molecular weight excluding hydrogens is 156 g/mol. The number of rotatable bonds is 1. The average Bonchev–Trinajstić information content (AvgIpc) is 2.09. The molecule has 0 bridgehead atoms. The lowest BCUT2D eigenvalue weighted by Crippen LogP contribution is -2.26. The standard InChI is InChI=1S/C6H12N6/c1-8-5-10-4(7)12(3)6(9-2)11-5/h1-3H3,(H3,7,8,9,10,11). The Labute approximate surface area is 70.2 Å². The maximum absolute atomic E-state index is 5.58. The van der Waals surface area contributed by atoms with E-state index < -0.39 is 0 Å². The fourth-order valence-corrected chi connectivity index (χ4v) is 0.792. The molecule has 12 heavy (non-hydrogen) atoms. The van der Waals surface area contributed by atoms with Crippen molar-refractivity contribution in [3.8, 4) is 0 Å². The quantitative estimate of drug-likeness (QED) is 0.561. The van der Waals surface area contributed by atoms with Crippen molar-refractivity contribution in [2.24, 2.45) is 12.0 Å². The second-order valence-electron chi connectivity index (χ2n) is 2.24. The van der Waals surface area contributed by atoms with Gasteiger partial charge in [-0.25, -0.2) is 0 Å². The summed E-state index contributed by atoms with van der Waals surface area (Å²) in [5, 5.41) is 2.79. The molecule has 0 aliphatic carbocycles. The van der Waals surface area contributed by atoms with Crippen LogP contribution in [-0.2, 0) is 7.05 Å². The van der Waals surface area contributed by atoms with Gasteiger partial charge in [0, 0.05) is 21.1 Å². The molecule has 0 aromatic carbocycles. The van der Waals surface area contributed by atoms with Crippen LogP contribution in [0.25, 0.3) is 0 Å². The number of hydrogen-bond donors (Lipinski definition) is 2. The SMILES string of the molecule is CN=c1nc(NC)nc(N)n1C. The number of hydrogen-bond acceptors (Lipinski definition) is 5. The molecule has 0 unspecified atom stereocenters. The minimum absolute atomic E-state index is 0.384. The predicted molar refractivity (Wildman–Crippen MR) is 46.4 cm³/mol. The molecule has 1 rings (SSSR count). The number of nitrogens with zero attached hydrogens (tertiary/aromatic N) is 4. The minimum atomic E-state index is 0.384. The molecule has 3 N–H and O–H groups in total. The molecule has 0 amide bonds. The van der Waals surface area contributed by atoms with Gasteiger partial charge in [-0.3, -0.25) is 9.56 Å². The van der Waals surface area contributed by atoms with E-state index in [0.29, 0.717) is 17.5 Å². The molecule has 0 spiro atoms. The summed E-state index contributed by atoms with van der Waals surface area (Å²) in [6.07, 6.45) is 0. The summed E-state index contributed by atoms with van der Waals surface area (Å²) in [5.74, 6) is 0.862. The first kappa shape index (κ1) is 8.51. The Balaban J connectivity index is 3.40. The van der Waals surface area contributed by atoms with Gasteiger partial charge in [-0.15, -0.1) is 0 Å². The molecule has 0 radical (unpaired) electrons. The van der Waals surface area contributed by atoms with Crippen molar-refractivity contribution in [2.45, 2.75) is 0 Å². The largest absolute Gasteiger partial charge is 0.369 e. The van der Waals surface area contributed by atoms with Crippen molar-refractivity contribution >= 4 is 11.9 Å². The first-order valence-electron chi connectivity index (χ1n) is 3.50. The van der Waals surface area contributed by atoms with Crippen LogP contribution in [0.3, 0.4) is 0 Å². The first-order valence-corrected chi connectivity index (χ1v) is 3.50. The van der Waals surface area contributed by atoms with Gasteiger partial charge in [0.25, 0.3) is 0 Å². The summed E-state index contributed by atoms with van der Waals surface area (Å²) >= 11 is 0. The van der Waals surface area contributed by atoms with Crippen LogP contribution in [0.2, 0.25) is 0 Å². The highest BCUT2D eigenvalue weighted by Gasteiger charge is 1.98. The lowest BCUT2D eigenvalue weighted by atomic mass is 10.8. The van der Waals surface area contributed by atoms with Crippen LogP contribution >= 0.6 is 0 Å². The summed E-state index contributed by atoms with van der Waals surface area (Å²) in [6.45, 7) is 0. The molecule has 1 aromatic rings. The molecule has 0 saturated heterocycles. The van der Waals surface area contributed by atoms with Crippen LogP contribution < -0.4 is 16.7 Å². The molecule has 6 heteroatoms. The molecule has 0 aliphatic rings. The number of anilines is 2. The van der Waals surface area contributed by atoms with Crippen molar-refractivity contribution in [1.82, 2.24) is 14.5 Å². The van der Waals surface area contributed by atoms with E-state index in [0.717, 1.165) is 0 Å². The van der Waals surface area contributed by atoms with Gasteiger partial charge in [0.05, 0.1) is 0 Å². The third kappa shape index (κ3) is 1.36. The van der Waals surface area contributed by atoms with E-state index >= 15 is 0 Å². The summed E-state index contributed by atoms with van der Waals surface area (Å²) in [5.41, 5.74) is 6.13. The van der Waals surface area contributed by atoms with Crippen LogP contribution in [0.15, 0.2) is 4.99 Å². The van der Waals surface area contributed by atoms with E-state index in [1.165, 1.54) is 0 Å². The van der Waals surface area contributed by atoms with Crippen LogP contribution in [0, 0.1) is 0 Å². The normalized spacial score (nSPS) is 11.8. The van der Waals surface area contributed by atoms with Gasteiger partial charge in [0.2, 0.25) is 17.5 Å². The van der Waals surface area contributed by atoms with Crippen molar-refractivity contribution in [1.29, 1.82) is 0 Å². The molecule has 66 valence electrons. The number of nitrogen functional groups attached to an aromatic ring is 1. The fourth-order valence-electron chi connectivity index (χ4n) is 0.792. The summed E-state index contributed by atoms with van der Waals surface area (Å²) < 4.78 is 1.61. The Kier molecular flexibility index (Phi) is 2.27. The van der Waals surface area contributed by atoms with Gasteiger partial charge >= 0.3 is 0 Å². The molecule has 0 fully saturated rings. The second kappa shape index (κ2) is 3.21. The van der Waals surface area contributed by atoms with E-state index in [2.05, 4.69) is 20.3 Å². The summed E-state index contributed by atoms with van der Waals surface area (Å²) in [6, 6.07) is 0. The summed E-state index contributed by atoms with van der Waals surface area (Å²) in [4.78, 5) is 12.0. The lowest BCUT2D eigenvalue weighted by Gasteiger charge is -2.04. The van der Waals surface area contributed by atoms with Gasteiger partial charge in [-0.05, 0) is 0 Å². The molecule has 0 atom stereocenters. The Bertz CT molecular complexity index is 338. The number of nitrogens with one attached hydrogen (secondary N) is 1. The third-order valence-corrected chi connectivity index (χ3v) is 1.49. The maximum atomic E-state index is 5.58. The highest BCUT2D eigenvalue weighted by molar-refractivity contribution is 5.28. The molecule has 0 aliphatic heterocycles. The minimum Gasteiger partial charge on any atom is -0.369 e. The van der Waals surface area contributed by atoms with Crippen LogP contribution in [-0.4, -0.2) is 28.6 Å². The Hall–Kier alpha value is -1.59. The van der Waals surface area contributed by atoms with Crippen LogP contribution in [0.1, 0.15) is 0 Å². The van der Waals surface area contributed by atoms with Crippen LogP contribution in [0.4, 0.5) is 11.9 Å². The third-order valence-electron chi connectivity index (χ3n) is 1.49. The Morgan fingerprint density at radius 2 is 2.17 bits per heavy atom. The monoisotopic (exact) mass is 168 g/mol. The Morgan fingerprint density at radius 1 is 1.50 bits per heavy atom. The highest BCUT2D eigenvalue weighted by atomic mass is 15.2. The molecule has 0 saturated carbocycles.